The molecule has 7 nitrogen and oxygen atoms in total. The second-order valence-corrected chi connectivity index (χ2v) is 8.48. The number of pyridine rings is 1. The number of benzene rings is 1. The first-order chi connectivity index (χ1) is 15.6. The van der Waals surface area contributed by atoms with Gasteiger partial charge < -0.3 is 25.8 Å². The largest absolute Gasteiger partial charge is 0.383 e. The third-order valence-corrected chi connectivity index (χ3v) is 6.07. The van der Waals surface area contributed by atoms with E-state index < -0.39 is 0 Å². The number of hydrogen-bond donors (Lipinski definition) is 4. The first-order valence-electron chi connectivity index (χ1n) is 11.0. The predicted molar refractivity (Wildman–Crippen MR) is 129 cm³/mol. The van der Waals surface area contributed by atoms with Crippen LogP contribution in [0, 0.1) is 5.92 Å². The zero-order valence-corrected chi connectivity index (χ0v) is 18.2. The molecule has 3 aromatic rings. The summed E-state index contributed by atoms with van der Waals surface area (Å²) in [6.07, 6.45) is 6.27. The van der Waals surface area contributed by atoms with Crippen molar-refractivity contribution in [3.63, 3.8) is 0 Å². The van der Waals surface area contributed by atoms with E-state index >= 15 is 0 Å². The highest BCUT2D eigenvalue weighted by molar-refractivity contribution is 5.95. The zero-order chi connectivity index (χ0) is 22.1. The van der Waals surface area contributed by atoms with Crippen LogP contribution in [-0.2, 0) is 6.54 Å². The third kappa shape index (κ3) is 3.93. The second-order valence-electron chi connectivity index (χ2n) is 8.48. The molecule has 5 rings (SSSR count). The fourth-order valence-electron chi connectivity index (χ4n) is 4.24. The van der Waals surface area contributed by atoms with Crippen molar-refractivity contribution in [3.05, 3.63) is 66.6 Å². The van der Waals surface area contributed by atoms with Crippen LogP contribution in [0.4, 0.5) is 21.9 Å². The topological polar surface area (TPSA) is 85.1 Å². The van der Waals surface area contributed by atoms with E-state index in [4.69, 9.17) is 0 Å². The van der Waals surface area contributed by atoms with Crippen LogP contribution in [0.25, 0.3) is 16.8 Å². The number of rotatable bonds is 6. The molecule has 2 aliphatic rings. The number of aromatic nitrogens is 2. The van der Waals surface area contributed by atoms with E-state index in [2.05, 4.69) is 32.5 Å². The number of carbonyl (C=O) groups is 1. The number of urea groups is 1. The average molecular weight is 429 g/mol. The minimum Gasteiger partial charge on any atom is -0.383 e. The average Bonchev–Trinajstić information content (AvgIpc) is 3.58. The maximum absolute atomic E-state index is 12.3. The van der Waals surface area contributed by atoms with Crippen LogP contribution in [0.2, 0.25) is 0 Å². The molecule has 32 heavy (non-hydrogen) atoms. The van der Waals surface area contributed by atoms with Gasteiger partial charge in [0.25, 0.3) is 0 Å². The summed E-state index contributed by atoms with van der Waals surface area (Å²) >= 11 is 0. The first-order valence-corrected chi connectivity index (χ1v) is 11.0. The van der Waals surface area contributed by atoms with Crippen LogP contribution >= 0.6 is 0 Å². The lowest BCUT2D eigenvalue weighted by Gasteiger charge is -2.28. The molecule has 1 saturated carbocycles. The Hall–Kier alpha value is -3.74. The van der Waals surface area contributed by atoms with E-state index in [9.17, 15) is 4.79 Å². The Bertz CT molecular complexity index is 1150. The molecule has 164 valence electrons. The lowest BCUT2D eigenvalue weighted by Crippen LogP contribution is -2.40. The molecule has 1 fully saturated rings. The summed E-state index contributed by atoms with van der Waals surface area (Å²) in [6, 6.07) is 12.0. The monoisotopic (exact) mass is 428 g/mol. The van der Waals surface area contributed by atoms with Crippen molar-refractivity contribution in [1.82, 2.24) is 20.2 Å². The highest BCUT2D eigenvalue weighted by Gasteiger charge is 2.30. The number of anilines is 3. The van der Waals surface area contributed by atoms with Gasteiger partial charge in [-0.2, -0.15) is 0 Å². The van der Waals surface area contributed by atoms with Crippen molar-refractivity contribution in [3.8, 4) is 11.3 Å². The van der Waals surface area contributed by atoms with Crippen LogP contribution in [-0.4, -0.2) is 41.0 Å². The van der Waals surface area contributed by atoms with E-state index in [0.29, 0.717) is 13.1 Å². The molecule has 3 heterocycles. The molecular formula is C25H28N6O. The second kappa shape index (κ2) is 8.42. The molecule has 0 bridgehead atoms. The lowest BCUT2D eigenvalue weighted by molar-refractivity contribution is 0.202. The lowest BCUT2D eigenvalue weighted by atomic mass is 9.99. The van der Waals surface area contributed by atoms with Gasteiger partial charge in [-0.3, -0.25) is 4.98 Å². The number of carbonyl (C=O) groups excluding carboxylic acids is 1. The molecule has 0 unspecified atom stereocenters. The van der Waals surface area contributed by atoms with E-state index in [-0.39, 0.29) is 6.03 Å². The summed E-state index contributed by atoms with van der Waals surface area (Å²) in [5.74, 6) is 0.753. The van der Waals surface area contributed by atoms with Gasteiger partial charge in [0, 0.05) is 48.8 Å². The highest BCUT2D eigenvalue weighted by Crippen LogP contribution is 2.43. The summed E-state index contributed by atoms with van der Waals surface area (Å²) in [7, 11) is 1.65. The number of H-pyrrole nitrogens is 1. The van der Waals surface area contributed by atoms with E-state index in [0.717, 1.165) is 57.6 Å². The normalized spacial score (nSPS) is 15.3. The fourth-order valence-corrected chi connectivity index (χ4v) is 4.24. The minimum atomic E-state index is -0.110. The van der Waals surface area contributed by atoms with Crippen molar-refractivity contribution in [2.75, 3.05) is 30.8 Å². The van der Waals surface area contributed by atoms with Gasteiger partial charge >= 0.3 is 6.03 Å². The maximum Gasteiger partial charge on any atom is 0.317 e. The number of fused-ring (bicyclic) bond motifs is 1. The van der Waals surface area contributed by atoms with Gasteiger partial charge in [0.05, 0.1) is 29.8 Å². The molecule has 0 atom stereocenters. The van der Waals surface area contributed by atoms with Crippen molar-refractivity contribution < 1.29 is 4.79 Å². The van der Waals surface area contributed by atoms with E-state index in [1.165, 1.54) is 12.8 Å². The molecule has 1 aliphatic heterocycles. The number of amides is 2. The summed E-state index contributed by atoms with van der Waals surface area (Å²) in [5.41, 5.74) is 7.93. The molecule has 7 heteroatoms. The van der Waals surface area contributed by atoms with Gasteiger partial charge in [-0.05, 0) is 42.5 Å². The van der Waals surface area contributed by atoms with E-state index in [1.54, 1.807) is 11.9 Å². The first kappa shape index (κ1) is 20.2. The molecule has 4 N–H and O–H groups in total. The van der Waals surface area contributed by atoms with Gasteiger partial charge in [-0.15, -0.1) is 0 Å². The summed E-state index contributed by atoms with van der Waals surface area (Å²) in [5, 5.41) is 9.92. The zero-order valence-electron chi connectivity index (χ0n) is 18.2. The fraction of sp³-hybridized carbons (Fsp3) is 0.280. The summed E-state index contributed by atoms with van der Waals surface area (Å²) in [6.45, 7) is 6.24. The number of nitrogens with one attached hydrogen (secondary N) is 4. The Labute approximate surface area is 187 Å². The Morgan fingerprint density at radius 1 is 1.22 bits per heavy atom. The molecular weight excluding hydrogens is 400 g/mol. The van der Waals surface area contributed by atoms with Crippen molar-refractivity contribution in [2.24, 2.45) is 5.92 Å². The maximum atomic E-state index is 12.3. The van der Waals surface area contributed by atoms with Gasteiger partial charge in [-0.1, -0.05) is 24.8 Å². The number of para-hydroxylation sites is 1. The SMILES string of the molecule is C=C1CN(C(=O)NC)Cc2[nH]c(-c3ccncc3NCC3CC3)c(Nc3ccccc3)c21. The Morgan fingerprint density at radius 3 is 2.78 bits per heavy atom. The van der Waals surface area contributed by atoms with Crippen molar-refractivity contribution in [1.29, 1.82) is 0 Å². The molecule has 0 saturated heterocycles. The van der Waals surface area contributed by atoms with Gasteiger partial charge in [0.1, 0.15) is 0 Å². The molecule has 1 aromatic carbocycles. The van der Waals surface area contributed by atoms with Crippen LogP contribution < -0.4 is 16.0 Å². The van der Waals surface area contributed by atoms with Crippen molar-refractivity contribution >= 4 is 28.7 Å². The van der Waals surface area contributed by atoms with Gasteiger partial charge in [0.15, 0.2) is 0 Å². The Balaban J connectivity index is 1.59. The molecule has 0 radical (unpaired) electrons. The smallest absolute Gasteiger partial charge is 0.317 e. The predicted octanol–water partition coefficient (Wildman–Crippen LogP) is 4.81. The van der Waals surface area contributed by atoms with Crippen LogP contribution in [0.5, 0.6) is 0 Å². The van der Waals surface area contributed by atoms with E-state index in [1.807, 2.05) is 48.8 Å². The van der Waals surface area contributed by atoms with Crippen LogP contribution in [0.15, 0.2) is 55.4 Å². The van der Waals surface area contributed by atoms with Crippen molar-refractivity contribution in [2.45, 2.75) is 19.4 Å². The number of nitrogens with zero attached hydrogens (tertiary/aromatic N) is 2. The quantitative estimate of drug-likeness (QED) is 0.454. The highest BCUT2D eigenvalue weighted by atomic mass is 16.2. The Kier molecular flexibility index (Phi) is 5.31. The molecule has 1 aliphatic carbocycles. The van der Waals surface area contributed by atoms with Crippen LogP contribution in [0.3, 0.4) is 0 Å². The third-order valence-electron chi connectivity index (χ3n) is 6.07. The van der Waals surface area contributed by atoms with Gasteiger partial charge in [0.2, 0.25) is 0 Å². The summed E-state index contributed by atoms with van der Waals surface area (Å²) < 4.78 is 0. The molecule has 0 spiro atoms. The standard InChI is InChI=1S/C25H28N6O/c1-16-14-31(25(32)26-2)15-21-22(16)24(29-18-6-4-3-5-7-18)23(30-21)19-10-11-27-13-20(19)28-12-17-8-9-17/h3-7,10-11,13,17,28-30H,1,8-9,12,14-15H2,2H3,(H,26,32). The molecule has 2 amide bonds. The number of aromatic amines is 1. The van der Waals surface area contributed by atoms with Crippen LogP contribution in [0.1, 0.15) is 24.1 Å². The summed E-state index contributed by atoms with van der Waals surface area (Å²) in [4.78, 5) is 22.0. The minimum absolute atomic E-state index is 0.110. The van der Waals surface area contributed by atoms with Gasteiger partial charge in [-0.25, -0.2) is 4.79 Å². The molecule has 2 aromatic heterocycles. The number of hydrogen-bond acceptors (Lipinski definition) is 4. The Morgan fingerprint density at radius 2 is 2.03 bits per heavy atom.